The van der Waals surface area contributed by atoms with E-state index in [1.807, 2.05) is 42.5 Å². The van der Waals surface area contributed by atoms with Gasteiger partial charge >= 0.3 is 0 Å². The fourth-order valence-corrected chi connectivity index (χ4v) is 2.41. The molecule has 0 saturated heterocycles. The first-order valence-electron chi connectivity index (χ1n) is 6.48. The van der Waals surface area contributed by atoms with Crippen molar-refractivity contribution < 1.29 is 0 Å². The predicted octanol–water partition coefficient (Wildman–Crippen LogP) is 2.08. The first-order valence-corrected chi connectivity index (χ1v) is 6.89. The molecule has 0 aliphatic carbocycles. The van der Waals surface area contributed by atoms with Gasteiger partial charge in [0.2, 0.25) is 0 Å². The van der Waals surface area contributed by atoms with Crippen LogP contribution in [0.25, 0.3) is 10.9 Å². The minimum atomic E-state index is -0.0395. The van der Waals surface area contributed by atoms with Gasteiger partial charge in [-0.1, -0.05) is 30.4 Å². The summed E-state index contributed by atoms with van der Waals surface area (Å²) in [4.78, 5) is 16.5. The molecule has 5 heteroatoms. The third-order valence-electron chi connectivity index (χ3n) is 3.32. The molecule has 2 N–H and O–H groups in total. The van der Waals surface area contributed by atoms with E-state index >= 15 is 0 Å². The number of hydrogen-bond acceptors (Lipinski definition) is 3. The van der Waals surface area contributed by atoms with Gasteiger partial charge in [0.05, 0.1) is 17.8 Å². The molecule has 1 aromatic carbocycles. The van der Waals surface area contributed by atoms with E-state index in [0.717, 1.165) is 16.5 Å². The Morgan fingerprint density at radius 3 is 2.81 bits per heavy atom. The molecule has 0 radical (unpaired) electrons. The summed E-state index contributed by atoms with van der Waals surface area (Å²) in [5, 5.41) is 1.03. The van der Waals surface area contributed by atoms with Crippen LogP contribution in [0.2, 0.25) is 0 Å². The highest BCUT2D eigenvalue weighted by Gasteiger charge is 2.05. The Labute approximate surface area is 126 Å². The van der Waals surface area contributed by atoms with Crippen molar-refractivity contribution in [2.75, 3.05) is 0 Å². The van der Waals surface area contributed by atoms with Gasteiger partial charge in [0, 0.05) is 12.3 Å². The van der Waals surface area contributed by atoms with Crippen LogP contribution in [0.15, 0.2) is 59.5 Å². The zero-order chi connectivity index (χ0) is 14.8. The van der Waals surface area contributed by atoms with E-state index < -0.39 is 0 Å². The summed E-state index contributed by atoms with van der Waals surface area (Å²) in [6.45, 7) is 0.457. The number of fused-ring (bicyclic) bond motifs is 1. The number of nitrogens with two attached hydrogens (primary N) is 1. The summed E-state index contributed by atoms with van der Waals surface area (Å²) in [5.41, 5.74) is 7.96. The van der Waals surface area contributed by atoms with E-state index in [9.17, 15) is 4.79 Å². The zero-order valence-electron chi connectivity index (χ0n) is 11.2. The number of rotatable bonds is 3. The summed E-state index contributed by atoms with van der Waals surface area (Å²) in [6.07, 6.45) is 1.65. The SMILES string of the molecule is NC(=S)c1cc(Cn2c(=O)ccc3ccccc32)ccn1. The predicted molar refractivity (Wildman–Crippen MR) is 87.4 cm³/mol. The van der Waals surface area contributed by atoms with Gasteiger partial charge in [-0.25, -0.2) is 0 Å². The second-order valence-corrected chi connectivity index (χ2v) is 5.17. The molecular formula is C16H13N3OS. The Morgan fingerprint density at radius 2 is 2.00 bits per heavy atom. The van der Waals surface area contributed by atoms with Gasteiger partial charge in [-0.2, -0.15) is 0 Å². The Hall–Kier alpha value is -2.53. The summed E-state index contributed by atoms with van der Waals surface area (Å²) in [5.74, 6) is 0. The van der Waals surface area contributed by atoms with E-state index in [0.29, 0.717) is 12.2 Å². The fraction of sp³-hybridized carbons (Fsp3) is 0.0625. The molecule has 3 aromatic rings. The summed E-state index contributed by atoms with van der Waals surface area (Å²) < 4.78 is 1.73. The number of hydrogen-bond donors (Lipinski definition) is 1. The maximum Gasteiger partial charge on any atom is 0.251 e. The van der Waals surface area contributed by atoms with Crippen LogP contribution in [0.4, 0.5) is 0 Å². The number of benzene rings is 1. The van der Waals surface area contributed by atoms with Crippen LogP contribution in [0, 0.1) is 0 Å². The van der Waals surface area contributed by atoms with Gasteiger partial charge in [-0.05, 0) is 35.2 Å². The Balaban J connectivity index is 2.10. The highest BCUT2D eigenvalue weighted by Crippen LogP contribution is 2.13. The van der Waals surface area contributed by atoms with Crippen LogP contribution in [0.5, 0.6) is 0 Å². The number of aromatic nitrogens is 2. The fourth-order valence-electron chi connectivity index (χ4n) is 2.30. The van der Waals surface area contributed by atoms with Crippen LogP contribution in [-0.2, 0) is 6.54 Å². The molecule has 0 aliphatic rings. The standard InChI is InChI=1S/C16H13N3OS/c17-16(21)13-9-11(7-8-18-13)10-19-14-4-2-1-3-12(14)5-6-15(19)20/h1-9H,10H2,(H2,17,21). The second kappa shape index (κ2) is 5.46. The average molecular weight is 295 g/mol. The van der Waals surface area contributed by atoms with Crippen LogP contribution in [0.1, 0.15) is 11.3 Å². The lowest BCUT2D eigenvalue weighted by atomic mass is 10.2. The van der Waals surface area contributed by atoms with Gasteiger partial charge in [-0.15, -0.1) is 0 Å². The number of para-hydroxylation sites is 1. The summed E-state index contributed by atoms with van der Waals surface area (Å²) >= 11 is 4.94. The number of pyridine rings is 2. The van der Waals surface area contributed by atoms with Crippen LogP contribution in [-0.4, -0.2) is 14.5 Å². The first kappa shape index (κ1) is 13.5. The molecular weight excluding hydrogens is 282 g/mol. The lowest BCUT2D eigenvalue weighted by Gasteiger charge is -2.10. The topological polar surface area (TPSA) is 60.9 Å². The Morgan fingerprint density at radius 1 is 1.19 bits per heavy atom. The maximum absolute atomic E-state index is 12.2. The molecule has 21 heavy (non-hydrogen) atoms. The van der Waals surface area contributed by atoms with Crippen molar-refractivity contribution in [2.45, 2.75) is 6.54 Å². The van der Waals surface area contributed by atoms with Crippen LogP contribution in [0.3, 0.4) is 0 Å². The highest BCUT2D eigenvalue weighted by atomic mass is 32.1. The van der Waals surface area contributed by atoms with Gasteiger partial charge in [-0.3, -0.25) is 9.78 Å². The minimum Gasteiger partial charge on any atom is -0.388 e. The average Bonchev–Trinajstić information content (AvgIpc) is 2.50. The monoisotopic (exact) mass is 295 g/mol. The third-order valence-corrected chi connectivity index (χ3v) is 3.53. The second-order valence-electron chi connectivity index (χ2n) is 4.73. The largest absolute Gasteiger partial charge is 0.388 e. The summed E-state index contributed by atoms with van der Waals surface area (Å²) in [6, 6.07) is 14.9. The lowest BCUT2D eigenvalue weighted by molar-refractivity contribution is 0.793. The van der Waals surface area contributed by atoms with Crippen molar-refractivity contribution in [3.63, 3.8) is 0 Å². The molecule has 4 nitrogen and oxygen atoms in total. The molecule has 3 rings (SSSR count). The lowest BCUT2D eigenvalue weighted by Crippen LogP contribution is -2.20. The van der Waals surface area contributed by atoms with Crippen molar-refractivity contribution in [1.29, 1.82) is 0 Å². The molecule has 0 unspecified atom stereocenters. The van der Waals surface area contributed by atoms with Gasteiger partial charge in [0.15, 0.2) is 0 Å². The van der Waals surface area contributed by atoms with Crippen LogP contribution < -0.4 is 11.3 Å². The quantitative estimate of drug-likeness (QED) is 0.752. The smallest absolute Gasteiger partial charge is 0.251 e. The van der Waals surface area contributed by atoms with Crippen molar-refractivity contribution in [3.05, 3.63) is 76.3 Å². The van der Waals surface area contributed by atoms with Crippen molar-refractivity contribution in [3.8, 4) is 0 Å². The Kier molecular flexibility index (Phi) is 3.50. The minimum absolute atomic E-state index is 0.0395. The molecule has 2 aromatic heterocycles. The zero-order valence-corrected chi connectivity index (χ0v) is 12.0. The molecule has 0 atom stereocenters. The number of thiocarbonyl (C=S) groups is 1. The molecule has 2 heterocycles. The normalized spacial score (nSPS) is 10.7. The third kappa shape index (κ3) is 2.68. The number of nitrogens with zero attached hydrogens (tertiary/aromatic N) is 2. The molecule has 0 aliphatic heterocycles. The molecule has 0 amide bonds. The van der Waals surface area contributed by atoms with E-state index in [1.54, 1.807) is 16.8 Å². The van der Waals surface area contributed by atoms with Crippen molar-refractivity contribution in [1.82, 2.24) is 9.55 Å². The Bertz CT molecular complexity index is 886. The van der Waals surface area contributed by atoms with E-state index in [-0.39, 0.29) is 10.5 Å². The van der Waals surface area contributed by atoms with E-state index in [2.05, 4.69) is 4.98 Å². The van der Waals surface area contributed by atoms with E-state index in [1.165, 1.54) is 0 Å². The van der Waals surface area contributed by atoms with Gasteiger partial charge < -0.3 is 10.3 Å². The van der Waals surface area contributed by atoms with Gasteiger partial charge in [0.1, 0.15) is 4.99 Å². The highest BCUT2D eigenvalue weighted by molar-refractivity contribution is 7.80. The molecule has 0 saturated carbocycles. The molecule has 0 bridgehead atoms. The molecule has 104 valence electrons. The summed E-state index contributed by atoms with van der Waals surface area (Å²) in [7, 11) is 0. The molecule has 0 spiro atoms. The van der Waals surface area contributed by atoms with E-state index in [4.69, 9.17) is 18.0 Å². The van der Waals surface area contributed by atoms with Gasteiger partial charge in [0.25, 0.3) is 5.56 Å². The maximum atomic E-state index is 12.2. The van der Waals surface area contributed by atoms with Crippen molar-refractivity contribution >= 4 is 28.1 Å². The molecule has 0 fully saturated rings. The first-order chi connectivity index (χ1) is 10.1. The van der Waals surface area contributed by atoms with Crippen molar-refractivity contribution in [2.24, 2.45) is 5.73 Å². The van der Waals surface area contributed by atoms with Crippen LogP contribution >= 0.6 is 12.2 Å².